The third-order valence-electron chi connectivity index (χ3n) is 2.60. The van der Waals surface area contributed by atoms with Crippen molar-refractivity contribution in [2.75, 3.05) is 7.11 Å². The van der Waals surface area contributed by atoms with Crippen molar-refractivity contribution in [3.8, 4) is 5.75 Å². The number of rotatable bonds is 5. The third kappa shape index (κ3) is 3.17. The second-order valence-corrected chi connectivity index (χ2v) is 4.28. The molecule has 0 spiro atoms. The smallest absolute Gasteiger partial charge is 0.237 e. The van der Waals surface area contributed by atoms with Crippen LogP contribution in [-0.4, -0.2) is 18.6 Å². The molecule has 0 saturated carbocycles. The molecule has 1 aromatic carbocycles. The van der Waals surface area contributed by atoms with Crippen LogP contribution < -0.4 is 15.8 Å². The van der Waals surface area contributed by atoms with Gasteiger partial charge in [-0.25, -0.2) is 4.39 Å². The lowest BCUT2D eigenvalue weighted by atomic mass is 10.0. The van der Waals surface area contributed by atoms with Gasteiger partial charge in [0.15, 0.2) is 11.6 Å². The molecule has 0 atom stereocenters. The highest BCUT2D eigenvalue weighted by Crippen LogP contribution is 2.20. The average Bonchev–Trinajstić information content (AvgIpc) is 2.27. The fourth-order valence-corrected chi connectivity index (χ4v) is 1.25. The first kappa shape index (κ1) is 13.4. The summed E-state index contributed by atoms with van der Waals surface area (Å²) in [7, 11) is 1.41. The first-order chi connectivity index (χ1) is 7.88. The Labute approximate surface area is 100.0 Å². The molecule has 1 amide bonds. The monoisotopic (exact) mass is 240 g/mol. The maximum atomic E-state index is 13.8. The van der Waals surface area contributed by atoms with Gasteiger partial charge in [-0.15, -0.1) is 0 Å². The van der Waals surface area contributed by atoms with Crippen molar-refractivity contribution in [1.29, 1.82) is 0 Å². The molecule has 0 unspecified atom stereocenters. The highest BCUT2D eigenvalue weighted by atomic mass is 19.1. The number of carbonyl (C=O) groups is 1. The number of methoxy groups -OCH3 is 1. The van der Waals surface area contributed by atoms with Crippen molar-refractivity contribution in [3.05, 3.63) is 29.6 Å². The van der Waals surface area contributed by atoms with Gasteiger partial charge in [-0.2, -0.15) is 0 Å². The molecule has 5 heteroatoms. The van der Waals surface area contributed by atoms with Gasteiger partial charge in [0.25, 0.3) is 0 Å². The van der Waals surface area contributed by atoms with Crippen LogP contribution in [0.25, 0.3) is 0 Å². The molecule has 0 aliphatic carbocycles. The van der Waals surface area contributed by atoms with E-state index in [1.54, 1.807) is 26.0 Å². The summed E-state index contributed by atoms with van der Waals surface area (Å²) in [5.41, 5.74) is 4.76. The van der Waals surface area contributed by atoms with Gasteiger partial charge in [-0.1, -0.05) is 12.1 Å². The van der Waals surface area contributed by atoms with E-state index in [0.29, 0.717) is 5.56 Å². The molecule has 17 heavy (non-hydrogen) atoms. The lowest BCUT2D eigenvalue weighted by molar-refractivity contribution is -0.123. The number of halogens is 1. The normalized spacial score (nSPS) is 11.3. The van der Waals surface area contributed by atoms with Crippen LogP contribution in [0.15, 0.2) is 18.2 Å². The van der Waals surface area contributed by atoms with Crippen LogP contribution >= 0.6 is 0 Å². The standard InChI is InChI=1S/C12H17FN2O2/c1-12(2,11(14)16)15-7-8-5-4-6-9(17-3)10(8)13/h4-6,15H,7H2,1-3H3,(H2,14,16). The molecule has 0 heterocycles. The summed E-state index contributed by atoms with van der Waals surface area (Å²) in [6.07, 6.45) is 0. The fourth-order valence-electron chi connectivity index (χ4n) is 1.25. The van der Waals surface area contributed by atoms with Crippen molar-refractivity contribution < 1.29 is 13.9 Å². The van der Waals surface area contributed by atoms with E-state index in [0.717, 1.165) is 0 Å². The van der Waals surface area contributed by atoms with Gasteiger partial charge in [0, 0.05) is 12.1 Å². The largest absolute Gasteiger partial charge is 0.494 e. The molecule has 0 aliphatic rings. The van der Waals surface area contributed by atoms with Crippen LogP contribution in [-0.2, 0) is 11.3 Å². The molecule has 3 N–H and O–H groups in total. The van der Waals surface area contributed by atoms with Crippen LogP contribution in [0.2, 0.25) is 0 Å². The van der Waals surface area contributed by atoms with E-state index in [9.17, 15) is 9.18 Å². The Bertz CT molecular complexity index is 419. The van der Waals surface area contributed by atoms with Gasteiger partial charge in [-0.3, -0.25) is 10.1 Å². The van der Waals surface area contributed by atoms with Crippen LogP contribution in [0.1, 0.15) is 19.4 Å². The molecular formula is C12H17FN2O2. The van der Waals surface area contributed by atoms with E-state index in [1.165, 1.54) is 13.2 Å². The molecule has 1 rings (SSSR count). The predicted octanol–water partition coefficient (Wildman–Crippen LogP) is 1.19. The third-order valence-corrected chi connectivity index (χ3v) is 2.60. The second-order valence-electron chi connectivity index (χ2n) is 4.28. The number of nitrogens with one attached hydrogen (secondary N) is 1. The summed E-state index contributed by atoms with van der Waals surface area (Å²) in [6.45, 7) is 3.50. The van der Waals surface area contributed by atoms with Gasteiger partial charge >= 0.3 is 0 Å². The van der Waals surface area contributed by atoms with Gasteiger partial charge < -0.3 is 10.5 Å². The molecule has 0 saturated heterocycles. The number of ether oxygens (including phenoxy) is 1. The number of amides is 1. The van der Waals surface area contributed by atoms with Crippen LogP contribution in [0, 0.1) is 5.82 Å². The van der Waals surface area contributed by atoms with Crippen molar-refractivity contribution in [3.63, 3.8) is 0 Å². The molecule has 4 nitrogen and oxygen atoms in total. The number of primary amides is 1. The number of benzene rings is 1. The van der Waals surface area contributed by atoms with Crippen molar-refractivity contribution in [1.82, 2.24) is 5.32 Å². The van der Waals surface area contributed by atoms with E-state index in [-0.39, 0.29) is 12.3 Å². The summed E-state index contributed by atoms with van der Waals surface area (Å²) >= 11 is 0. The predicted molar refractivity (Wildman–Crippen MR) is 63.1 cm³/mol. The highest BCUT2D eigenvalue weighted by molar-refractivity contribution is 5.83. The van der Waals surface area contributed by atoms with Crippen molar-refractivity contribution in [2.24, 2.45) is 5.73 Å². The van der Waals surface area contributed by atoms with Crippen LogP contribution in [0.5, 0.6) is 5.75 Å². The lowest BCUT2D eigenvalue weighted by Gasteiger charge is -2.22. The van der Waals surface area contributed by atoms with E-state index in [4.69, 9.17) is 10.5 Å². The maximum absolute atomic E-state index is 13.8. The van der Waals surface area contributed by atoms with E-state index in [2.05, 4.69) is 5.32 Å². The average molecular weight is 240 g/mol. The summed E-state index contributed by atoms with van der Waals surface area (Å²) in [5.74, 6) is -0.732. The fraction of sp³-hybridized carbons (Fsp3) is 0.417. The first-order valence-corrected chi connectivity index (χ1v) is 5.25. The summed E-state index contributed by atoms with van der Waals surface area (Å²) in [6, 6.07) is 4.86. The molecule has 94 valence electrons. The zero-order chi connectivity index (χ0) is 13.1. The SMILES string of the molecule is COc1cccc(CNC(C)(C)C(N)=O)c1F. The van der Waals surface area contributed by atoms with E-state index in [1.807, 2.05) is 0 Å². The minimum absolute atomic E-state index is 0.182. The Morgan fingerprint density at radius 3 is 2.71 bits per heavy atom. The molecule has 0 radical (unpaired) electrons. The Morgan fingerprint density at radius 2 is 2.18 bits per heavy atom. The first-order valence-electron chi connectivity index (χ1n) is 5.25. The highest BCUT2D eigenvalue weighted by Gasteiger charge is 2.24. The van der Waals surface area contributed by atoms with E-state index >= 15 is 0 Å². The summed E-state index contributed by atoms with van der Waals surface area (Å²) in [5, 5.41) is 2.90. The Kier molecular flexibility index (Phi) is 4.07. The number of hydrogen-bond acceptors (Lipinski definition) is 3. The molecule has 0 bridgehead atoms. The topological polar surface area (TPSA) is 64.3 Å². The van der Waals surface area contributed by atoms with Crippen molar-refractivity contribution >= 4 is 5.91 Å². The Morgan fingerprint density at radius 1 is 1.53 bits per heavy atom. The molecule has 0 fully saturated rings. The summed E-state index contributed by atoms with van der Waals surface area (Å²) < 4.78 is 18.6. The Balaban J connectivity index is 2.80. The van der Waals surface area contributed by atoms with Crippen molar-refractivity contribution in [2.45, 2.75) is 25.9 Å². The van der Waals surface area contributed by atoms with E-state index < -0.39 is 17.3 Å². The zero-order valence-corrected chi connectivity index (χ0v) is 10.2. The van der Waals surface area contributed by atoms with Gasteiger partial charge in [-0.05, 0) is 19.9 Å². The minimum atomic E-state index is -0.879. The number of nitrogens with two attached hydrogens (primary N) is 1. The number of carbonyl (C=O) groups excluding carboxylic acids is 1. The van der Waals surface area contributed by atoms with Gasteiger partial charge in [0.1, 0.15) is 0 Å². The second kappa shape index (κ2) is 5.14. The molecule has 1 aromatic rings. The lowest BCUT2D eigenvalue weighted by Crippen LogP contribution is -2.50. The van der Waals surface area contributed by atoms with Crippen LogP contribution in [0.3, 0.4) is 0 Å². The quantitative estimate of drug-likeness (QED) is 0.812. The maximum Gasteiger partial charge on any atom is 0.237 e. The van der Waals surface area contributed by atoms with Gasteiger partial charge in [0.05, 0.1) is 12.6 Å². The molecule has 0 aliphatic heterocycles. The molecular weight excluding hydrogens is 223 g/mol. The Hall–Kier alpha value is -1.62. The molecule has 0 aromatic heterocycles. The van der Waals surface area contributed by atoms with Crippen LogP contribution in [0.4, 0.5) is 4.39 Å². The zero-order valence-electron chi connectivity index (χ0n) is 10.2. The summed E-state index contributed by atoms with van der Waals surface area (Å²) in [4.78, 5) is 11.1. The minimum Gasteiger partial charge on any atom is -0.494 e. The van der Waals surface area contributed by atoms with Gasteiger partial charge in [0.2, 0.25) is 5.91 Å². The number of hydrogen-bond donors (Lipinski definition) is 2.